The summed E-state index contributed by atoms with van der Waals surface area (Å²) >= 11 is 9.58. The molecule has 16 heavy (non-hydrogen) atoms. The first-order valence-electron chi connectivity index (χ1n) is 4.93. The SMILES string of the molecule is COc1ccc2ncc(Cl)c(CCBr)c2c1. The van der Waals surface area contributed by atoms with E-state index in [9.17, 15) is 0 Å². The summed E-state index contributed by atoms with van der Waals surface area (Å²) in [4.78, 5) is 4.30. The Morgan fingerprint density at radius 3 is 2.94 bits per heavy atom. The van der Waals surface area contributed by atoms with Gasteiger partial charge in [-0.25, -0.2) is 0 Å². The summed E-state index contributed by atoms with van der Waals surface area (Å²) < 4.78 is 5.21. The lowest BCUT2D eigenvalue weighted by Crippen LogP contribution is -1.93. The van der Waals surface area contributed by atoms with E-state index in [0.717, 1.165) is 34.0 Å². The molecule has 0 unspecified atom stereocenters. The van der Waals surface area contributed by atoms with Gasteiger partial charge in [-0.2, -0.15) is 0 Å². The fourth-order valence-electron chi connectivity index (χ4n) is 1.68. The minimum Gasteiger partial charge on any atom is -0.497 e. The van der Waals surface area contributed by atoms with Crippen molar-refractivity contribution < 1.29 is 4.74 Å². The maximum Gasteiger partial charge on any atom is 0.119 e. The third kappa shape index (κ3) is 2.15. The Bertz CT molecular complexity index is 516. The summed E-state index contributed by atoms with van der Waals surface area (Å²) in [7, 11) is 1.66. The van der Waals surface area contributed by atoms with Crippen LogP contribution in [0.1, 0.15) is 5.56 Å². The molecule has 0 radical (unpaired) electrons. The van der Waals surface area contributed by atoms with Crippen LogP contribution >= 0.6 is 27.5 Å². The summed E-state index contributed by atoms with van der Waals surface area (Å²) in [5.41, 5.74) is 2.06. The average molecular weight is 301 g/mol. The normalized spacial score (nSPS) is 10.7. The van der Waals surface area contributed by atoms with Gasteiger partial charge in [-0.15, -0.1) is 0 Å². The van der Waals surface area contributed by atoms with E-state index < -0.39 is 0 Å². The second kappa shape index (κ2) is 5.02. The number of nitrogens with zero attached hydrogens (tertiary/aromatic N) is 1. The van der Waals surface area contributed by atoms with Gasteiger partial charge in [0.25, 0.3) is 0 Å². The van der Waals surface area contributed by atoms with E-state index in [1.165, 1.54) is 0 Å². The third-order valence-corrected chi connectivity index (χ3v) is 3.20. The number of ether oxygens (including phenoxy) is 1. The Morgan fingerprint density at radius 1 is 1.44 bits per heavy atom. The van der Waals surface area contributed by atoms with E-state index >= 15 is 0 Å². The molecular weight excluding hydrogens is 289 g/mol. The standard InChI is InChI=1S/C12H11BrClNO/c1-16-8-2-3-12-10(6-8)9(4-5-13)11(14)7-15-12/h2-3,6-7H,4-5H2,1H3. The highest BCUT2D eigenvalue weighted by Gasteiger charge is 2.07. The van der Waals surface area contributed by atoms with Crippen LogP contribution in [0.4, 0.5) is 0 Å². The topological polar surface area (TPSA) is 22.1 Å². The van der Waals surface area contributed by atoms with Crippen LogP contribution in [0, 0.1) is 0 Å². The van der Waals surface area contributed by atoms with Crippen molar-refractivity contribution in [2.24, 2.45) is 0 Å². The molecule has 0 aliphatic carbocycles. The minimum absolute atomic E-state index is 0.709. The van der Waals surface area contributed by atoms with Crippen molar-refractivity contribution in [3.05, 3.63) is 35.0 Å². The van der Waals surface area contributed by atoms with Crippen LogP contribution in [0.25, 0.3) is 10.9 Å². The third-order valence-electron chi connectivity index (χ3n) is 2.48. The number of fused-ring (bicyclic) bond motifs is 1. The van der Waals surface area contributed by atoms with E-state index in [1.807, 2.05) is 18.2 Å². The molecule has 4 heteroatoms. The van der Waals surface area contributed by atoms with Crippen molar-refractivity contribution >= 4 is 38.4 Å². The van der Waals surface area contributed by atoms with Gasteiger partial charge >= 0.3 is 0 Å². The largest absolute Gasteiger partial charge is 0.497 e. The molecule has 0 amide bonds. The summed E-state index contributed by atoms with van der Waals surface area (Å²) in [5, 5.41) is 2.65. The molecule has 0 saturated heterocycles. The molecule has 0 N–H and O–H groups in total. The Hall–Kier alpha value is -0.800. The van der Waals surface area contributed by atoms with Crippen LogP contribution in [0.15, 0.2) is 24.4 Å². The van der Waals surface area contributed by atoms with Gasteiger partial charge < -0.3 is 4.74 Å². The molecule has 0 bridgehead atoms. The summed E-state index contributed by atoms with van der Waals surface area (Å²) in [6.45, 7) is 0. The molecule has 1 aromatic heterocycles. The summed E-state index contributed by atoms with van der Waals surface area (Å²) in [6.07, 6.45) is 2.58. The highest BCUT2D eigenvalue weighted by molar-refractivity contribution is 9.09. The van der Waals surface area contributed by atoms with Crippen LogP contribution < -0.4 is 4.74 Å². The fraction of sp³-hybridized carbons (Fsp3) is 0.250. The zero-order valence-electron chi connectivity index (χ0n) is 8.84. The van der Waals surface area contributed by atoms with Crippen LogP contribution in [0.5, 0.6) is 5.75 Å². The summed E-state index contributed by atoms with van der Waals surface area (Å²) in [5.74, 6) is 0.826. The number of pyridine rings is 1. The van der Waals surface area contributed by atoms with Gasteiger partial charge in [0.1, 0.15) is 5.75 Å². The predicted octanol–water partition coefficient (Wildman–Crippen LogP) is 3.83. The van der Waals surface area contributed by atoms with Crippen LogP contribution in [0.3, 0.4) is 0 Å². The number of benzene rings is 1. The van der Waals surface area contributed by atoms with Crippen LogP contribution in [0.2, 0.25) is 5.02 Å². The highest BCUT2D eigenvalue weighted by Crippen LogP contribution is 2.28. The minimum atomic E-state index is 0.709. The Kier molecular flexibility index (Phi) is 3.66. The van der Waals surface area contributed by atoms with Crippen LogP contribution in [-0.4, -0.2) is 17.4 Å². The van der Waals surface area contributed by atoms with Crippen molar-refractivity contribution in [3.63, 3.8) is 0 Å². The van der Waals surface area contributed by atoms with Crippen molar-refractivity contribution in [2.75, 3.05) is 12.4 Å². The zero-order chi connectivity index (χ0) is 11.5. The molecule has 0 spiro atoms. The Morgan fingerprint density at radius 2 is 2.25 bits per heavy atom. The molecular formula is C12H11BrClNO. The second-order valence-electron chi connectivity index (χ2n) is 3.41. The maximum atomic E-state index is 6.15. The van der Waals surface area contributed by atoms with E-state index in [4.69, 9.17) is 16.3 Å². The van der Waals surface area contributed by atoms with Crippen LogP contribution in [-0.2, 0) is 6.42 Å². The number of halogens is 2. The molecule has 0 saturated carbocycles. The first kappa shape index (κ1) is 11.7. The van der Waals surface area contributed by atoms with Gasteiger partial charge in [0.05, 0.1) is 17.6 Å². The zero-order valence-corrected chi connectivity index (χ0v) is 11.2. The highest BCUT2D eigenvalue weighted by atomic mass is 79.9. The lowest BCUT2D eigenvalue weighted by molar-refractivity contribution is 0.415. The van der Waals surface area contributed by atoms with E-state index in [2.05, 4.69) is 20.9 Å². The first-order valence-corrected chi connectivity index (χ1v) is 6.43. The lowest BCUT2D eigenvalue weighted by Gasteiger charge is -2.08. The molecule has 2 rings (SSSR count). The quantitative estimate of drug-likeness (QED) is 0.804. The van der Waals surface area contributed by atoms with E-state index in [1.54, 1.807) is 13.3 Å². The van der Waals surface area contributed by atoms with Crippen molar-refractivity contribution in [2.45, 2.75) is 6.42 Å². The molecule has 2 nitrogen and oxygen atoms in total. The van der Waals surface area contributed by atoms with Gasteiger partial charge in [0.15, 0.2) is 0 Å². The molecule has 0 aliphatic rings. The van der Waals surface area contributed by atoms with E-state index in [-0.39, 0.29) is 0 Å². The molecule has 1 aromatic carbocycles. The first-order chi connectivity index (χ1) is 7.76. The van der Waals surface area contributed by atoms with E-state index in [0.29, 0.717) is 5.02 Å². The van der Waals surface area contributed by atoms with Gasteiger partial charge in [-0.1, -0.05) is 27.5 Å². The molecule has 1 heterocycles. The summed E-state index contributed by atoms with van der Waals surface area (Å²) in [6, 6.07) is 5.83. The number of hydrogen-bond donors (Lipinski definition) is 0. The van der Waals surface area contributed by atoms with Crippen molar-refractivity contribution in [1.29, 1.82) is 0 Å². The number of alkyl halides is 1. The Balaban J connectivity index is 2.67. The monoisotopic (exact) mass is 299 g/mol. The second-order valence-corrected chi connectivity index (χ2v) is 4.61. The van der Waals surface area contributed by atoms with Gasteiger partial charge in [0.2, 0.25) is 0 Å². The number of aromatic nitrogens is 1. The smallest absolute Gasteiger partial charge is 0.119 e. The number of methoxy groups -OCH3 is 1. The van der Waals surface area contributed by atoms with Gasteiger partial charge in [-0.05, 0) is 30.2 Å². The number of rotatable bonds is 3. The van der Waals surface area contributed by atoms with Gasteiger partial charge in [0, 0.05) is 16.9 Å². The average Bonchev–Trinajstić information content (AvgIpc) is 2.32. The van der Waals surface area contributed by atoms with Crippen molar-refractivity contribution in [3.8, 4) is 5.75 Å². The lowest BCUT2D eigenvalue weighted by atomic mass is 10.1. The number of aryl methyl sites for hydroxylation is 1. The molecule has 0 aliphatic heterocycles. The predicted molar refractivity (Wildman–Crippen MR) is 70.8 cm³/mol. The fourth-order valence-corrected chi connectivity index (χ4v) is 2.32. The molecule has 2 aromatic rings. The maximum absolute atomic E-state index is 6.15. The van der Waals surface area contributed by atoms with Gasteiger partial charge in [-0.3, -0.25) is 4.98 Å². The van der Waals surface area contributed by atoms with Crippen molar-refractivity contribution in [1.82, 2.24) is 4.98 Å². The Labute approximate surface area is 108 Å². The number of hydrogen-bond acceptors (Lipinski definition) is 2. The molecule has 0 atom stereocenters. The molecule has 0 fully saturated rings. The molecule has 84 valence electrons.